The van der Waals surface area contributed by atoms with Crippen LogP contribution in [0.5, 0.6) is 0 Å². The molecule has 0 aliphatic heterocycles. The summed E-state index contributed by atoms with van der Waals surface area (Å²) >= 11 is 0. The fourth-order valence-electron chi connectivity index (χ4n) is 1.63. The van der Waals surface area contributed by atoms with Gasteiger partial charge in [0, 0.05) is 5.39 Å². The molecular weight excluding hydrogens is 328 g/mol. The van der Waals surface area contributed by atoms with Gasteiger partial charge in [0.25, 0.3) is 20.2 Å². The molecule has 0 aliphatic carbocycles. The second-order valence-electron chi connectivity index (χ2n) is 4.19. The van der Waals surface area contributed by atoms with E-state index in [1.807, 2.05) is 32.0 Å². The van der Waals surface area contributed by atoms with Crippen LogP contribution in [0.1, 0.15) is 19.4 Å². The van der Waals surface area contributed by atoms with Gasteiger partial charge in [-0.25, -0.2) is 0 Å². The molecule has 0 saturated carbocycles. The van der Waals surface area contributed by atoms with E-state index in [0.717, 1.165) is 10.9 Å². The van der Waals surface area contributed by atoms with Crippen LogP contribution in [0.25, 0.3) is 10.8 Å². The lowest BCUT2D eigenvalue weighted by molar-refractivity contribution is 0.483. The number of hydrogen-bond donors (Lipinski definition) is 2. The minimum absolute atomic E-state index is 0.0295. The van der Waals surface area contributed by atoms with E-state index in [9.17, 15) is 16.8 Å². The van der Waals surface area contributed by atoms with Crippen LogP contribution in [0.15, 0.2) is 41.3 Å². The Bertz CT molecular complexity index is 816. The highest BCUT2D eigenvalue weighted by Crippen LogP contribution is 2.24. The van der Waals surface area contributed by atoms with Crippen molar-refractivity contribution >= 4 is 31.0 Å². The molecule has 0 fully saturated rings. The van der Waals surface area contributed by atoms with Gasteiger partial charge in [0.15, 0.2) is 0 Å². The summed E-state index contributed by atoms with van der Waals surface area (Å²) in [5.74, 6) is 0. The van der Waals surface area contributed by atoms with E-state index in [4.69, 9.17) is 9.11 Å². The maximum atomic E-state index is 11.2. The van der Waals surface area contributed by atoms with Gasteiger partial charge in [-0.2, -0.15) is 16.8 Å². The molecule has 22 heavy (non-hydrogen) atoms. The zero-order valence-electron chi connectivity index (χ0n) is 12.8. The van der Waals surface area contributed by atoms with Crippen molar-refractivity contribution in [2.24, 2.45) is 0 Å². The van der Waals surface area contributed by atoms with Crippen molar-refractivity contribution in [3.8, 4) is 0 Å². The van der Waals surface area contributed by atoms with Gasteiger partial charge in [-0.3, -0.25) is 9.11 Å². The van der Waals surface area contributed by atoms with E-state index in [-0.39, 0.29) is 4.90 Å². The Morgan fingerprint density at radius 3 is 1.82 bits per heavy atom. The van der Waals surface area contributed by atoms with Crippen LogP contribution in [0.4, 0.5) is 0 Å². The molecule has 0 unspecified atom stereocenters. The lowest BCUT2D eigenvalue weighted by atomic mass is 10.1. The van der Waals surface area contributed by atoms with Crippen LogP contribution in [0, 0.1) is 6.92 Å². The number of hydrogen-bond acceptors (Lipinski definition) is 4. The first-order valence-corrected chi connectivity index (χ1v) is 9.66. The maximum absolute atomic E-state index is 11.2. The van der Waals surface area contributed by atoms with E-state index < -0.39 is 20.2 Å². The van der Waals surface area contributed by atoms with Crippen molar-refractivity contribution in [1.82, 2.24) is 0 Å². The highest BCUT2D eigenvalue weighted by atomic mass is 32.2. The van der Waals surface area contributed by atoms with E-state index in [2.05, 4.69) is 0 Å². The van der Waals surface area contributed by atoms with E-state index in [0.29, 0.717) is 11.6 Å². The lowest BCUT2D eigenvalue weighted by Gasteiger charge is -2.05. The molecule has 0 amide bonds. The van der Waals surface area contributed by atoms with Crippen LogP contribution in [0.2, 0.25) is 0 Å². The Balaban J connectivity index is 0.000000540. The van der Waals surface area contributed by atoms with E-state index in [1.165, 1.54) is 6.07 Å². The van der Waals surface area contributed by atoms with Crippen LogP contribution in [-0.2, 0) is 20.2 Å². The fraction of sp³-hybridized carbons (Fsp3) is 0.286. The summed E-state index contributed by atoms with van der Waals surface area (Å²) in [6.45, 7) is 5.79. The van der Waals surface area contributed by atoms with Crippen molar-refractivity contribution in [2.75, 3.05) is 6.26 Å². The Morgan fingerprint density at radius 2 is 1.36 bits per heavy atom. The molecule has 124 valence electrons. The normalized spacial score (nSPS) is 11.0. The average Bonchev–Trinajstić information content (AvgIpc) is 2.37. The molecule has 8 heteroatoms. The zero-order valence-corrected chi connectivity index (χ0v) is 14.4. The molecule has 0 bridgehead atoms. The molecule has 0 spiro atoms. The molecule has 6 nitrogen and oxygen atoms in total. The Labute approximate surface area is 131 Å². The van der Waals surface area contributed by atoms with Crippen molar-refractivity contribution in [3.63, 3.8) is 0 Å². The summed E-state index contributed by atoms with van der Waals surface area (Å²) in [5.41, 5.74) is 0.807. The molecule has 2 N–H and O–H groups in total. The molecule has 0 aliphatic rings. The summed E-state index contributed by atoms with van der Waals surface area (Å²) < 4.78 is 57.3. The Kier molecular flexibility index (Phi) is 7.68. The summed E-state index contributed by atoms with van der Waals surface area (Å²) in [6, 6.07) is 10.4. The summed E-state index contributed by atoms with van der Waals surface area (Å²) in [7, 11) is -7.82. The maximum Gasteiger partial charge on any atom is 0.295 e. The minimum atomic E-state index is -4.15. The topological polar surface area (TPSA) is 109 Å². The van der Waals surface area contributed by atoms with Gasteiger partial charge < -0.3 is 0 Å². The van der Waals surface area contributed by atoms with Crippen molar-refractivity contribution < 1.29 is 25.9 Å². The number of rotatable bonds is 1. The molecule has 0 atom stereocenters. The zero-order chi connectivity index (χ0) is 17.6. The monoisotopic (exact) mass is 348 g/mol. The van der Waals surface area contributed by atoms with Gasteiger partial charge in [0.05, 0.1) is 6.26 Å². The standard InChI is InChI=1S/C11H10O3S.C2H6.CH4O3S/c1-8-6-9-4-2-3-5-10(9)11(7-8)15(12,13)14;1-2;1-5(2,3)4/h2-7H,1H3,(H,12,13,14);1-2H3;1H3,(H,2,3,4). The number of fused-ring (bicyclic) bond motifs is 1. The van der Waals surface area contributed by atoms with Crippen molar-refractivity contribution in [2.45, 2.75) is 25.7 Å². The summed E-state index contributed by atoms with van der Waals surface area (Å²) in [5, 5.41) is 1.36. The van der Waals surface area contributed by atoms with Crippen LogP contribution in [-0.4, -0.2) is 32.2 Å². The average molecular weight is 348 g/mol. The van der Waals surface area contributed by atoms with Crippen LogP contribution in [0.3, 0.4) is 0 Å². The predicted octanol–water partition coefficient (Wildman–Crippen LogP) is 2.93. The third-order valence-corrected chi connectivity index (χ3v) is 3.14. The summed E-state index contributed by atoms with van der Waals surface area (Å²) in [6.07, 6.45) is 0.715. The number of aryl methyl sites for hydroxylation is 1. The predicted molar refractivity (Wildman–Crippen MR) is 87.3 cm³/mol. The molecule has 2 aromatic rings. The number of benzene rings is 2. The Morgan fingerprint density at radius 1 is 0.909 bits per heavy atom. The van der Waals surface area contributed by atoms with E-state index in [1.54, 1.807) is 19.1 Å². The first-order valence-electron chi connectivity index (χ1n) is 6.38. The van der Waals surface area contributed by atoms with Crippen LogP contribution < -0.4 is 0 Å². The first-order chi connectivity index (χ1) is 9.98. The second kappa shape index (κ2) is 8.23. The molecule has 0 aromatic heterocycles. The molecular formula is C14H20O6S2. The molecule has 2 aromatic carbocycles. The van der Waals surface area contributed by atoms with Crippen molar-refractivity contribution in [1.29, 1.82) is 0 Å². The molecule has 2 rings (SSSR count). The van der Waals surface area contributed by atoms with Gasteiger partial charge in [0.1, 0.15) is 4.90 Å². The summed E-state index contributed by atoms with van der Waals surface area (Å²) in [4.78, 5) is -0.0295. The fourth-order valence-corrected chi connectivity index (χ4v) is 2.43. The molecule has 0 radical (unpaired) electrons. The molecule has 0 saturated heterocycles. The SMILES string of the molecule is CC.CS(=O)(=O)O.Cc1cc(S(=O)(=O)O)c2ccccc2c1. The second-order valence-corrected chi connectivity index (χ2v) is 7.05. The third kappa shape index (κ3) is 7.51. The quantitative estimate of drug-likeness (QED) is 0.767. The van der Waals surface area contributed by atoms with Gasteiger partial charge in [-0.15, -0.1) is 0 Å². The smallest absolute Gasteiger partial charge is 0.286 e. The third-order valence-electron chi connectivity index (χ3n) is 2.25. The van der Waals surface area contributed by atoms with Gasteiger partial charge in [-0.1, -0.05) is 44.2 Å². The largest absolute Gasteiger partial charge is 0.295 e. The van der Waals surface area contributed by atoms with Gasteiger partial charge in [0.2, 0.25) is 0 Å². The van der Waals surface area contributed by atoms with Crippen LogP contribution >= 0.6 is 0 Å². The van der Waals surface area contributed by atoms with Crippen molar-refractivity contribution in [3.05, 3.63) is 42.0 Å². The Hall–Kier alpha value is -1.48. The highest BCUT2D eigenvalue weighted by molar-refractivity contribution is 7.86. The van der Waals surface area contributed by atoms with E-state index >= 15 is 0 Å². The molecule has 0 heterocycles. The van der Waals surface area contributed by atoms with Gasteiger partial charge >= 0.3 is 0 Å². The first kappa shape index (κ1) is 20.5. The lowest BCUT2D eigenvalue weighted by Crippen LogP contribution is -1.99. The van der Waals surface area contributed by atoms with Gasteiger partial charge in [-0.05, 0) is 23.9 Å². The minimum Gasteiger partial charge on any atom is -0.286 e. The highest BCUT2D eigenvalue weighted by Gasteiger charge is 2.13.